The quantitative estimate of drug-likeness (QED) is 0.650. The summed E-state index contributed by atoms with van der Waals surface area (Å²) in [6.07, 6.45) is 6.61. The molecule has 0 unspecified atom stereocenters. The lowest BCUT2D eigenvalue weighted by molar-refractivity contribution is -0.123. The van der Waals surface area contributed by atoms with Gasteiger partial charge in [-0.05, 0) is 18.2 Å². The Morgan fingerprint density at radius 1 is 1.31 bits per heavy atom. The van der Waals surface area contributed by atoms with Gasteiger partial charge in [0.1, 0.15) is 0 Å². The third-order valence-electron chi connectivity index (χ3n) is 3.41. The summed E-state index contributed by atoms with van der Waals surface area (Å²) < 4.78 is 7.02. The van der Waals surface area contributed by atoms with Gasteiger partial charge in [-0.3, -0.25) is 4.79 Å². The van der Waals surface area contributed by atoms with E-state index in [9.17, 15) is 4.79 Å². The largest absolute Gasteiger partial charge is 0.468 e. The molecule has 0 bridgehead atoms. The summed E-state index contributed by atoms with van der Waals surface area (Å²) in [5.41, 5.74) is 1.47. The minimum atomic E-state index is -0.345. The second-order valence-corrected chi connectivity index (χ2v) is 5.63. The molecule has 0 aromatic carbocycles. The van der Waals surface area contributed by atoms with Gasteiger partial charge in [0.05, 0.1) is 17.8 Å². The molecule has 0 aliphatic carbocycles. The van der Waals surface area contributed by atoms with Crippen molar-refractivity contribution in [2.45, 2.75) is 0 Å². The van der Waals surface area contributed by atoms with Crippen LogP contribution in [-0.4, -0.2) is 50.5 Å². The molecule has 3 rings (SSSR count). The molecule has 0 radical (unpaired) electrons. The number of pyridine rings is 2. The molecule has 0 saturated heterocycles. The Balaban J connectivity index is 1.74. The lowest BCUT2D eigenvalue weighted by Gasteiger charge is -2.09. The van der Waals surface area contributed by atoms with E-state index in [1.165, 1.54) is 6.20 Å². The monoisotopic (exact) mass is 373 g/mol. The molecule has 0 spiro atoms. The van der Waals surface area contributed by atoms with Crippen molar-refractivity contribution in [3.8, 4) is 22.8 Å². The minimum Gasteiger partial charge on any atom is -0.468 e. The number of nitrogens with zero attached hydrogens (tertiary/aromatic N) is 4. The van der Waals surface area contributed by atoms with Crippen LogP contribution in [0.1, 0.15) is 0 Å². The van der Waals surface area contributed by atoms with E-state index in [-0.39, 0.29) is 31.5 Å². The van der Waals surface area contributed by atoms with Gasteiger partial charge >= 0.3 is 0 Å². The number of hydrogen-bond donors (Lipinski definition) is 2. The molecule has 3 heterocycles. The summed E-state index contributed by atoms with van der Waals surface area (Å²) >= 11 is 6.23. The molecule has 1 amide bonds. The average Bonchev–Trinajstić information content (AvgIpc) is 3.20. The predicted octanol–water partition coefficient (Wildman–Crippen LogP) is 1.47. The summed E-state index contributed by atoms with van der Waals surface area (Å²) in [5, 5.41) is 15.7. The van der Waals surface area contributed by atoms with E-state index in [4.69, 9.17) is 21.4 Å². The van der Waals surface area contributed by atoms with Crippen LogP contribution in [0.3, 0.4) is 0 Å². The van der Waals surface area contributed by atoms with Crippen molar-refractivity contribution in [2.24, 2.45) is 0 Å². The zero-order valence-electron chi connectivity index (χ0n) is 13.7. The highest BCUT2D eigenvalue weighted by Crippen LogP contribution is 2.29. The van der Waals surface area contributed by atoms with E-state index >= 15 is 0 Å². The van der Waals surface area contributed by atoms with Crippen molar-refractivity contribution in [3.63, 3.8) is 0 Å². The van der Waals surface area contributed by atoms with Gasteiger partial charge in [0, 0.05) is 42.3 Å². The maximum Gasteiger partial charge on any atom is 0.258 e. The highest BCUT2D eigenvalue weighted by atomic mass is 35.5. The first-order valence-electron chi connectivity index (χ1n) is 7.79. The number of halogens is 1. The number of rotatable bonds is 7. The summed E-state index contributed by atoms with van der Waals surface area (Å²) in [5.74, 6) is 0.600. The molecule has 26 heavy (non-hydrogen) atoms. The van der Waals surface area contributed by atoms with Gasteiger partial charge in [0.25, 0.3) is 5.91 Å². The van der Waals surface area contributed by atoms with Gasteiger partial charge < -0.3 is 15.2 Å². The Morgan fingerprint density at radius 2 is 2.19 bits per heavy atom. The number of aromatic nitrogens is 4. The van der Waals surface area contributed by atoms with Crippen LogP contribution in [0.4, 0.5) is 0 Å². The topological polar surface area (TPSA) is 102 Å². The van der Waals surface area contributed by atoms with Crippen molar-refractivity contribution in [1.82, 2.24) is 25.1 Å². The van der Waals surface area contributed by atoms with Gasteiger partial charge in [-0.2, -0.15) is 5.10 Å². The summed E-state index contributed by atoms with van der Waals surface area (Å²) in [4.78, 5) is 20.0. The van der Waals surface area contributed by atoms with Gasteiger partial charge in [-0.1, -0.05) is 11.6 Å². The average molecular weight is 374 g/mol. The summed E-state index contributed by atoms with van der Waals surface area (Å²) in [6, 6.07) is 7.15. The minimum absolute atomic E-state index is 0.128. The van der Waals surface area contributed by atoms with Gasteiger partial charge in [-0.25, -0.2) is 14.6 Å². The SMILES string of the molecule is O=C(COc1cc(-c2ccc(-n3cccn3)nc2)c(Cl)cn1)NCCO. The molecule has 3 aromatic rings. The number of hydrogen-bond acceptors (Lipinski definition) is 6. The molecule has 8 nitrogen and oxygen atoms in total. The highest BCUT2D eigenvalue weighted by molar-refractivity contribution is 6.33. The summed E-state index contributed by atoms with van der Waals surface area (Å²) in [6.45, 7) is -0.156. The second-order valence-electron chi connectivity index (χ2n) is 5.22. The fourth-order valence-electron chi connectivity index (χ4n) is 2.19. The van der Waals surface area contributed by atoms with E-state index in [1.54, 1.807) is 29.3 Å². The zero-order chi connectivity index (χ0) is 18.4. The Morgan fingerprint density at radius 3 is 2.88 bits per heavy atom. The van der Waals surface area contributed by atoms with Gasteiger partial charge in [0.2, 0.25) is 5.88 Å². The van der Waals surface area contributed by atoms with Crippen LogP contribution in [0.5, 0.6) is 5.88 Å². The molecule has 134 valence electrons. The maximum absolute atomic E-state index is 11.5. The number of amides is 1. The molecule has 2 N–H and O–H groups in total. The molecular formula is C17H16ClN5O3. The van der Waals surface area contributed by atoms with Crippen LogP contribution < -0.4 is 10.1 Å². The highest BCUT2D eigenvalue weighted by Gasteiger charge is 2.10. The molecular weight excluding hydrogens is 358 g/mol. The van der Waals surface area contributed by atoms with E-state index in [0.29, 0.717) is 16.4 Å². The van der Waals surface area contributed by atoms with Crippen molar-refractivity contribution in [2.75, 3.05) is 19.8 Å². The first-order chi connectivity index (χ1) is 12.7. The molecule has 0 aliphatic rings. The number of carbonyl (C=O) groups is 1. The first kappa shape index (κ1) is 17.8. The summed E-state index contributed by atoms with van der Waals surface area (Å²) in [7, 11) is 0. The van der Waals surface area contributed by atoms with Crippen molar-refractivity contribution >= 4 is 17.5 Å². The Hall–Kier alpha value is -2.97. The normalized spacial score (nSPS) is 10.5. The van der Waals surface area contributed by atoms with Crippen molar-refractivity contribution < 1.29 is 14.6 Å². The van der Waals surface area contributed by atoms with Crippen molar-refractivity contribution in [3.05, 3.63) is 54.1 Å². The fraction of sp³-hybridized carbons (Fsp3) is 0.176. The number of nitrogens with one attached hydrogen (secondary N) is 1. The number of ether oxygens (including phenoxy) is 1. The maximum atomic E-state index is 11.5. The third kappa shape index (κ3) is 4.35. The van der Waals surface area contributed by atoms with E-state index in [1.807, 2.05) is 18.2 Å². The first-order valence-corrected chi connectivity index (χ1v) is 8.17. The zero-order valence-corrected chi connectivity index (χ0v) is 14.4. The lowest BCUT2D eigenvalue weighted by Crippen LogP contribution is -2.31. The molecule has 0 fully saturated rings. The van der Waals surface area contributed by atoms with Crippen LogP contribution in [-0.2, 0) is 4.79 Å². The van der Waals surface area contributed by atoms with Crippen molar-refractivity contribution in [1.29, 1.82) is 0 Å². The Bertz CT molecular complexity index is 869. The fourth-order valence-corrected chi connectivity index (χ4v) is 2.40. The molecule has 3 aromatic heterocycles. The Kier molecular flexibility index (Phi) is 5.77. The number of carbonyl (C=O) groups excluding carboxylic acids is 1. The molecule has 9 heteroatoms. The van der Waals surface area contributed by atoms with Crippen LogP contribution in [0.15, 0.2) is 49.1 Å². The van der Waals surface area contributed by atoms with Crippen LogP contribution >= 0.6 is 11.6 Å². The van der Waals surface area contributed by atoms with Crippen LogP contribution in [0, 0.1) is 0 Å². The van der Waals surface area contributed by atoms with E-state index in [0.717, 1.165) is 5.56 Å². The molecule has 0 saturated carbocycles. The Labute approximate surface area is 154 Å². The standard InChI is InChI=1S/C17H16ClN5O3/c18-14-10-21-17(26-11-16(25)19-5-7-24)8-13(14)12-2-3-15(20-9-12)23-6-1-4-22-23/h1-4,6,8-10,24H,5,7,11H2,(H,19,25). The smallest absolute Gasteiger partial charge is 0.258 e. The van der Waals surface area contributed by atoms with Crippen LogP contribution in [0.2, 0.25) is 5.02 Å². The number of aliphatic hydroxyl groups excluding tert-OH is 1. The van der Waals surface area contributed by atoms with Gasteiger partial charge in [-0.15, -0.1) is 0 Å². The molecule has 0 aliphatic heterocycles. The van der Waals surface area contributed by atoms with Gasteiger partial charge in [0.15, 0.2) is 12.4 Å². The second kappa shape index (κ2) is 8.41. The van der Waals surface area contributed by atoms with E-state index in [2.05, 4.69) is 20.4 Å². The molecule has 0 atom stereocenters. The van der Waals surface area contributed by atoms with Crippen LogP contribution in [0.25, 0.3) is 16.9 Å². The van der Waals surface area contributed by atoms with E-state index < -0.39 is 0 Å². The third-order valence-corrected chi connectivity index (χ3v) is 3.71. The number of aliphatic hydroxyl groups is 1. The lowest BCUT2D eigenvalue weighted by atomic mass is 10.1. The predicted molar refractivity (Wildman–Crippen MR) is 95.2 cm³/mol.